The maximum Gasteiger partial charge on any atom is 0.125 e. The van der Waals surface area contributed by atoms with Crippen LogP contribution in [0.4, 0.5) is 10.1 Å². The summed E-state index contributed by atoms with van der Waals surface area (Å²) in [5, 5.41) is 5.25. The molecule has 1 aromatic carbocycles. The van der Waals surface area contributed by atoms with Crippen LogP contribution in [0.2, 0.25) is 0 Å². The fourth-order valence-corrected chi connectivity index (χ4v) is 2.21. The van der Waals surface area contributed by atoms with Crippen LogP contribution in [0.15, 0.2) is 35.2 Å². The van der Waals surface area contributed by atoms with Crippen LogP contribution in [0.3, 0.4) is 0 Å². The summed E-state index contributed by atoms with van der Waals surface area (Å²) in [6.07, 6.45) is 0. The minimum Gasteiger partial charge on any atom is -0.384 e. The fourth-order valence-electron chi connectivity index (χ4n) is 1.66. The number of anilines is 1. The second kappa shape index (κ2) is 6.47. The Morgan fingerprint density at radius 1 is 1.44 bits per heavy atom. The molecule has 0 saturated heterocycles. The van der Waals surface area contributed by atoms with E-state index >= 15 is 0 Å². The summed E-state index contributed by atoms with van der Waals surface area (Å²) in [5.41, 5.74) is 3.75. The average Bonchev–Trinajstić information content (AvgIpc) is 2.82. The number of nitrogens with zero attached hydrogens (tertiary/aromatic N) is 2. The first-order valence-electron chi connectivity index (χ1n) is 5.79. The Balaban J connectivity index is 1.72. The number of likely N-dealkylation sites (N-methyl/N-ethyl adjacent to an activating group) is 1. The van der Waals surface area contributed by atoms with Gasteiger partial charge in [0.2, 0.25) is 0 Å². The summed E-state index contributed by atoms with van der Waals surface area (Å²) in [4.78, 5) is 6.42. The lowest BCUT2D eigenvalue weighted by atomic mass is 10.3. The predicted octanol–water partition coefficient (Wildman–Crippen LogP) is 2.83. The lowest BCUT2D eigenvalue weighted by Gasteiger charge is -2.16. The highest BCUT2D eigenvalue weighted by Crippen LogP contribution is 2.08. The predicted molar refractivity (Wildman–Crippen MR) is 73.3 cm³/mol. The summed E-state index contributed by atoms with van der Waals surface area (Å²) in [6, 6.07) is 6.51. The molecule has 0 atom stereocenters. The molecule has 0 radical (unpaired) electrons. The van der Waals surface area contributed by atoms with E-state index in [1.165, 1.54) is 12.1 Å². The molecule has 1 aromatic heterocycles. The maximum atomic E-state index is 12.9. The highest BCUT2D eigenvalue weighted by atomic mass is 32.1. The zero-order chi connectivity index (χ0) is 12.8. The van der Waals surface area contributed by atoms with Gasteiger partial charge in [0.1, 0.15) is 5.82 Å². The number of hydrogen-bond donors (Lipinski definition) is 1. The largest absolute Gasteiger partial charge is 0.384 e. The molecule has 0 amide bonds. The molecule has 18 heavy (non-hydrogen) atoms. The zero-order valence-corrected chi connectivity index (χ0v) is 11.1. The van der Waals surface area contributed by atoms with Crippen molar-refractivity contribution < 1.29 is 4.39 Å². The highest BCUT2D eigenvalue weighted by molar-refractivity contribution is 7.07. The van der Waals surface area contributed by atoms with Crippen molar-refractivity contribution in [3.8, 4) is 0 Å². The monoisotopic (exact) mass is 265 g/mol. The quantitative estimate of drug-likeness (QED) is 0.870. The van der Waals surface area contributed by atoms with E-state index in [-0.39, 0.29) is 5.82 Å². The maximum absolute atomic E-state index is 12.9. The van der Waals surface area contributed by atoms with E-state index in [0.29, 0.717) is 0 Å². The van der Waals surface area contributed by atoms with Crippen molar-refractivity contribution in [1.29, 1.82) is 0 Å². The Labute approximate surface area is 110 Å². The van der Waals surface area contributed by atoms with Gasteiger partial charge in [-0.05, 0) is 25.2 Å². The van der Waals surface area contributed by atoms with Gasteiger partial charge in [-0.2, -0.15) is 0 Å². The number of thiazole rings is 1. The van der Waals surface area contributed by atoms with Gasteiger partial charge in [-0.25, -0.2) is 9.37 Å². The molecular formula is C13H16FN3S. The first-order chi connectivity index (χ1) is 8.74. The third-order valence-electron chi connectivity index (χ3n) is 2.56. The fraction of sp³-hybridized carbons (Fsp3) is 0.308. The van der Waals surface area contributed by atoms with Crippen molar-refractivity contribution in [2.45, 2.75) is 6.54 Å². The lowest BCUT2D eigenvalue weighted by molar-refractivity contribution is 0.336. The topological polar surface area (TPSA) is 28.2 Å². The van der Waals surface area contributed by atoms with Gasteiger partial charge in [0.25, 0.3) is 0 Å². The SMILES string of the molecule is CN(CCNc1cccc(F)c1)Cc1cscn1. The number of hydrogen-bond acceptors (Lipinski definition) is 4. The normalized spacial score (nSPS) is 10.8. The van der Waals surface area contributed by atoms with Gasteiger partial charge in [0.05, 0.1) is 11.2 Å². The average molecular weight is 265 g/mol. The number of halogens is 1. The number of nitrogens with one attached hydrogen (secondary N) is 1. The Bertz CT molecular complexity index is 473. The third kappa shape index (κ3) is 4.09. The van der Waals surface area contributed by atoms with Crippen LogP contribution in [0.25, 0.3) is 0 Å². The van der Waals surface area contributed by atoms with Crippen molar-refractivity contribution in [1.82, 2.24) is 9.88 Å². The molecule has 0 fully saturated rings. The molecule has 5 heteroatoms. The third-order valence-corrected chi connectivity index (χ3v) is 3.20. The van der Waals surface area contributed by atoms with Crippen molar-refractivity contribution in [2.24, 2.45) is 0 Å². The van der Waals surface area contributed by atoms with Gasteiger partial charge in [-0.15, -0.1) is 11.3 Å². The molecule has 1 heterocycles. The lowest BCUT2D eigenvalue weighted by Crippen LogP contribution is -2.24. The van der Waals surface area contributed by atoms with Crippen LogP contribution in [0.1, 0.15) is 5.69 Å². The minimum absolute atomic E-state index is 0.212. The van der Waals surface area contributed by atoms with Crippen LogP contribution in [0.5, 0.6) is 0 Å². The molecule has 3 nitrogen and oxygen atoms in total. The molecule has 2 rings (SSSR count). The molecule has 0 saturated carbocycles. The molecule has 0 aliphatic heterocycles. The Hall–Kier alpha value is -1.46. The van der Waals surface area contributed by atoms with E-state index in [1.54, 1.807) is 17.4 Å². The van der Waals surface area contributed by atoms with Gasteiger partial charge in [-0.1, -0.05) is 6.07 Å². The van der Waals surface area contributed by atoms with E-state index < -0.39 is 0 Å². The first kappa shape index (κ1) is 13.0. The Kier molecular flexibility index (Phi) is 4.66. The minimum atomic E-state index is -0.212. The van der Waals surface area contributed by atoms with Gasteiger partial charge < -0.3 is 5.32 Å². The summed E-state index contributed by atoms with van der Waals surface area (Å²) in [7, 11) is 2.05. The van der Waals surface area contributed by atoms with Crippen molar-refractivity contribution in [2.75, 3.05) is 25.5 Å². The second-order valence-corrected chi connectivity index (χ2v) is 4.87. The van der Waals surface area contributed by atoms with Crippen LogP contribution in [-0.2, 0) is 6.54 Å². The Morgan fingerprint density at radius 2 is 2.33 bits per heavy atom. The molecule has 0 bridgehead atoms. The summed E-state index contributed by atoms with van der Waals surface area (Å²) in [5.74, 6) is -0.212. The Morgan fingerprint density at radius 3 is 3.06 bits per heavy atom. The van der Waals surface area contributed by atoms with Gasteiger partial charge in [0, 0.05) is 30.7 Å². The summed E-state index contributed by atoms with van der Waals surface area (Å²) < 4.78 is 12.9. The molecule has 0 aliphatic carbocycles. The van der Waals surface area contributed by atoms with E-state index in [1.807, 2.05) is 18.6 Å². The first-order valence-corrected chi connectivity index (χ1v) is 6.73. The highest BCUT2D eigenvalue weighted by Gasteiger charge is 2.01. The van der Waals surface area contributed by atoms with E-state index in [9.17, 15) is 4.39 Å². The van der Waals surface area contributed by atoms with E-state index in [4.69, 9.17) is 0 Å². The van der Waals surface area contributed by atoms with Crippen molar-refractivity contribution in [3.63, 3.8) is 0 Å². The summed E-state index contributed by atoms with van der Waals surface area (Å²) >= 11 is 1.61. The van der Waals surface area contributed by atoms with Crippen LogP contribution in [0, 0.1) is 5.82 Å². The van der Waals surface area contributed by atoms with Crippen molar-refractivity contribution >= 4 is 17.0 Å². The smallest absolute Gasteiger partial charge is 0.125 e. The summed E-state index contributed by atoms with van der Waals surface area (Å²) in [6.45, 7) is 2.51. The molecule has 0 unspecified atom stereocenters. The molecular weight excluding hydrogens is 249 g/mol. The van der Waals surface area contributed by atoms with Crippen molar-refractivity contribution in [3.05, 3.63) is 46.7 Å². The van der Waals surface area contributed by atoms with E-state index in [2.05, 4.69) is 20.6 Å². The molecule has 96 valence electrons. The van der Waals surface area contributed by atoms with Crippen LogP contribution >= 0.6 is 11.3 Å². The van der Waals surface area contributed by atoms with Crippen LogP contribution in [-0.4, -0.2) is 30.0 Å². The number of aromatic nitrogens is 1. The zero-order valence-electron chi connectivity index (χ0n) is 10.3. The standard InChI is InChI=1S/C13H16FN3S/c1-17(8-13-9-18-10-16-13)6-5-15-12-4-2-3-11(14)7-12/h2-4,7,9-10,15H,5-6,8H2,1H3. The number of benzene rings is 1. The van der Waals surface area contributed by atoms with Gasteiger partial charge in [-0.3, -0.25) is 4.90 Å². The molecule has 0 spiro atoms. The van der Waals surface area contributed by atoms with Crippen LogP contribution < -0.4 is 5.32 Å². The van der Waals surface area contributed by atoms with Gasteiger partial charge in [0.15, 0.2) is 0 Å². The molecule has 2 aromatic rings. The van der Waals surface area contributed by atoms with Gasteiger partial charge >= 0.3 is 0 Å². The number of rotatable bonds is 6. The molecule has 0 aliphatic rings. The van der Waals surface area contributed by atoms with E-state index in [0.717, 1.165) is 31.0 Å². The molecule has 1 N–H and O–H groups in total. The second-order valence-electron chi connectivity index (χ2n) is 4.15.